The molecule has 0 spiro atoms. The van der Waals surface area contributed by atoms with Gasteiger partial charge in [-0.1, -0.05) is 16.8 Å². The van der Waals surface area contributed by atoms with Crippen molar-refractivity contribution in [1.82, 2.24) is 4.98 Å². The fourth-order valence-electron chi connectivity index (χ4n) is 0.694. The Hall–Kier alpha value is -1.62. The second-order valence-electron chi connectivity index (χ2n) is 2.13. The predicted octanol–water partition coefficient (Wildman–Crippen LogP) is 1.15. The molecule has 0 saturated carbocycles. The number of hydrogen-bond donors (Lipinski definition) is 2. The first kappa shape index (κ1) is 9.47. The molecular formula is C7H5ClN2O3. The van der Waals surface area contributed by atoms with E-state index in [1.165, 1.54) is 12.1 Å². The van der Waals surface area contributed by atoms with Gasteiger partial charge < -0.3 is 10.3 Å². The van der Waals surface area contributed by atoms with Crippen molar-refractivity contribution in [3.05, 3.63) is 29.6 Å². The van der Waals surface area contributed by atoms with Crippen molar-refractivity contribution in [2.24, 2.45) is 5.16 Å². The number of rotatable bonds is 2. The third kappa shape index (κ3) is 2.16. The summed E-state index contributed by atoms with van der Waals surface area (Å²) in [5, 5.41) is 19.3. The molecule has 1 rings (SSSR count). The van der Waals surface area contributed by atoms with Gasteiger partial charge in [0, 0.05) is 6.20 Å². The Morgan fingerprint density at radius 1 is 1.54 bits per heavy atom. The van der Waals surface area contributed by atoms with Crippen molar-refractivity contribution in [1.29, 1.82) is 0 Å². The zero-order valence-electron chi connectivity index (χ0n) is 6.31. The molecule has 0 fully saturated rings. The van der Waals surface area contributed by atoms with Crippen LogP contribution in [-0.2, 0) is 0 Å². The number of aromatic nitrogens is 1. The minimum Gasteiger partial charge on any atom is -0.478 e. The molecule has 2 N–H and O–H groups in total. The monoisotopic (exact) mass is 200 g/mol. The average Bonchev–Trinajstić information content (AvgIpc) is 2.17. The van der Waals surface area contributed by atoms with E-state index in [0.717, 1.165) is 6.20 Å². The van der Waals surface area contributed by atoms with Crippen LogP contribution in [0.15, 0.2) is 23.5 Å². The predicted molar refractivity (Wildman–Crippen MR) is 45.4 cm³/mol. The molecule has 68 valence electrons. The number of hydrogen-bond acceptors (Lipinski definition) is 4. The first-order valence-corrected chi connectivity index (χ1v) is 3.60. The molecule has 0 unspecified atom stereocenters. The van der Waals surface area contributed by atoms with Crippen molar-refractivity contribution in [3.8, 4) is 0 Å². The normalized spacial score (nSPS) is 11.3. The Balaban J connectivity index is 3.00. The molecule has 6 heteroatoms. The summed E-state index contributed by atoms with van der Waals surface area (Å²) in [5.74, 6) is -1.07. The highest BCUT2D eigenvalue weighted by Crippen LogP contribution is 2.03. The maximum atomic E-state index is 10.4. The maximum absolute atomic E-state index is 10.4. The number of halogens is 1. The van der Waals surface area contributed by atoms with Crippen LogP contribution >= 0.6 is 11.6 Å². The maximum Gasteiger partial charge on any atom is 0.337 e. The van der Waals surface area contributed by atoms with Gasteiger partial charge >= 0.3 is 5.97 Å². The van der Waals surface area contributed by atoms with Gasteiger partial charge in [-0.15, -0.1) is 0 Å². The van der Waals surface area contributed by atoms with E-state index in [1.54, 1.807) is 0 Å². The SMILES string of the molecule is O=C(O)c1ccc(C(Cl)=NO)nc1. The van der Waals surface area contributed by atoms with Gasteiger partial charge in [0.2, 0.25) is 0 Å². The molecule has 1 heterocycles. The lowest BCUT2D eigenvalue weighted by Crippen LogP contribution is -2.00. The molecule has 0 saturated heterocycles. The Bertz CT molecular complexity index is 347. The van der Waals surface area contributed by atoms with Crippen LogP contribution in [-0.4, -0.2) is 26.4 Å². The summed E-state index contributed by atoms with van der Waals surface area (Å²) >= 11 is 5.41. The van der Waals surface area contributed by atoms with Crippen LogP contribution in [0.5, 0.6) is 0 Å². The topological polar surface area (TPSA) is 82.8 Å². The third-order valence-corrected chi connectivity index (χ3v) is 1.58. The first-order valence-electron chi connectivity index (χ1n) is 3.22. The largest absolute Gasteiger partial charge is 0.478 e. The van der Waals surface area contributed by atoms with E-state index in [1.807, 2.05) is 0 Å². The van der Waals surface area contributed by atoms with Gasteiger partial charge in [0.25, 0.3) is 0 Å². The molecule has 0 amide bonds. The second-order valence-corrected chi connectivity index (χ2v) is 2.49. The molecule has 1 aromatic heterocycles. The molecule has 0 aliphatic heterocycles. The summed E-state index contributed by atoms with van der Waals surface area (Å²) in [6.45, 7) is 0. The number of carbonyl (C=O) groups is 1. The lowest BCUT2D eigenvalue weighted by Gasteiger charge is -1.95. The van der Waals surface area contributed by atoms with Crippen LogP contribution in [0, 0.1) is 0 Å². The Morgan fingerprint density at radius 2 is 2.23 bits per heavy atom. The molecule has 0 radical (unpaired) electrons. The minimum atomic E-state index is -1.07. The summed E-state index contributed by atoms with van der Waals surface area (Å²) < 4.78 is 0. The van der Waals surface area contributed by atoms with Gasteiger partial charge in [-0.05, 0) is 12.1 Å². The molecule has 0 atom stereocenters. The fourth-order valence-corrected chi connectivity index (χ4v) is 0.805. The van der Waals surface area contributed by atoms with Crippen LogP contribution in [0.25, 0.3) is 0 Å². The zero-order valence-corrected chi connectivity index (χ0v) is 7.06. The van der Waals surface area contributed by atoms with E-state index in [0.29, 0.717) is 0 Å². The van der Waals surface area contributed by atoms with E-state index in [9.17, 15) is 4.79 Å². The lowest BCUT2D eigenvalue weighted by molar-refractivity contribution is 0.0696. The van der Waals surface area contributed by atoms with Crippen LogP contribution in [0.2, 0.25) is 0 Å². The van der Waals surface area contributed by atoms with Gasteiger partial charge in [-0.25, -0.2) is 4.79 Å². The van der Waals surface area contributed by atoms with E-state index >= 15 is 0 Å². The number of carboxylic acid groups (broad SMARTS) is 1. The van der Waals surface area contributed by atoms with Crippen molar-refractivity contribution >= 4 is 22.7 Å². The van der Waals surface area contributed by atoms with Crippen molar-refractivity contribution in [2.75, 3.05) is 0 Å². The van der Waals surface area contributed by atoms with Gasteiger partial charge in [0.15, 0.2) is 5.17 Å². The highest BCUT2D eigenvalue weighted by Gasteiger charge is 2.05. The number of carboxylic acids is 1. The van der Waals surface area contributed by atoms with Gasteiger partial charge in [0.1, 0.15) is 5.69 Å². The molecule has 13 heavy (non-hydrogen) atoms. The molecular weight excluding hydrogens is 196 g/mol. The highest BCUT2D eigenvalue weighted by molar-refractivity contribution is 6.69. The quantitative estimate of drug-likeness (QED) is 0.426. The van der Waals surface area contributed by atoms with Crippen molar-refractivity contribution in [2.45, 2.75) is 0 Å². The third-order valence-electron chi connectivity index (χ3n) is 1.31. The summed E-state index contributed by atoms with van der Waals surface area (Å²) in [4.78, 5) is 14.1. The number of aromatic carboxylic acids is 1. The first-order chi connectivity index (χ1) is 6.15. The Kier molecular flexibility index (Phi) is 2.81. The van der Waals surface area contributed by atoms with Crippen LogP contribution in [0.3, 0.4) is 0 Å². The fraction of sp³-hybridized carbons (Fsp3) is 0. The smallest absolute Gasteiger partial charge is 0.337 e. The molecule has 0 aliphatic rings. The summed E-state index contributed by atoms with van der Waals surface area (Å²) in [7, 11) is 0. The molecule has 0 aliphatic carbocycles. The zero-order chi connectivity index (χ0) is 9.84. The number of pyridine rings is 1. The van der Waals surface area contributed by atoms with E-state index in [2.05, 4.69) is 10.1 Å². The molecule has 1 aromatic rings. The van der Waals surface area contributed by atoms with E-state index < -0.39 is 5.97 Å². The Labute approximate surface area is 78.3 Å². The number of nitrogens with zero attached hydrogens (tertiary/aromatic N) is 2. The second kappa shape index (κ2) is 3.86. The van der Waals surface area contributed by atoms with Crippen LogP contribution < -0.4 is 0 Å². The van der Waals surface area contributed by atoms with Crippen molar-refractivity contribution in [3.63, 3.8) is 0 Å². The van der Waals surface area contributed by atoms with Gasteiger partial charge in [-0.2, -0.15) is 0 Å². The lowest BCUT2D eigenvalue weighted by atomic mass is 10.2. The standard InChI is InChI=1S/C7H5ClN2O3/c8-6(10-13)5-2-1-4(3-9-5)7(11)12/h1-3,13H,(H,11,12). The van der Waals surface area contributed by atoms with Gasteiger partial charge in [-0.3, -0.25) is 4.98 Å². The average molecular weight is 201 g/mol. The minimum absolute atomic E-state index is 0.0474. The summed E-state index contributed by atoms with van der Waals surface area (Å²) in [6, 6.07) is 2.67. The number of oxime groups is 1. The molecule has 0 bridgehead atoms. The molecule has 0 aromatic carbocycles. The Morgan fingerprint density at radius 3 is 2.62 bits per heavy atom. The van der Waals surface area contributed by atoms with Crippen LogP contribution in [0.4, 0.5) is 0 Å². The van der Waals surface area contributed by atoms with E-state index in [-0.39, 0.29) is 16.4 Å². The van der Waals surface area contributed by atoms with Gasteiger partial charge in [0.05, 0.1) is 5.56 Å². The van der Waals surface area contributed by atoms with E-state index in [4.69, 9.17) is 21.9 Å². The van der Waals surface area contributed by atoms with Crippen LogP contribution in [0.1, 0.15) is 16.1 Å². The summed E-state index contributed by atoms with van der Waals surface area (Å²) in [6.07, 6.45) is 1.13. The molecule has 5 nitrogen and oxygen atoms in total. The highest BCUT2D eigenvalue weighted by atomic mass is 35.5. The summed E-state index contributed by atoms with van der Waals surface area (Å²) in [5.41, 5.74) is 0.264. The van der Waals surface area contributed by atoms with Crippen molar-refractivity contribution < 1.29 is 15.1 Å².